The fourth-order valence-electron chi connectivity index (χ4n) is 2.01. The molecule has 86 valence electrons. The third kappa shape index (κ3) is 2.80. The zero-order chi connectivity index (χ0) is 11.4. The van der Waals surface area contributed by atoms with E-state index in [1.807, 2.05) is 0 Å². The minimum atomic E-state index is 0.261. The SMILES string of the molecule is CCC(CO)C(c1sccc1C)N(C)C. The molecule has 0 aliphatic heterocycles. The molecule has 2 atom stereocenters. The monoisotopic (exact) mass is 227 g/mol. The number of hydrogen-bond acceptors (Lipinski definition) is 3. The highest BCUT2D eigenvalue weighted by Gasteiger charge is 2.25. The minimum Gasteiger partial charge on any atom is -0.396 e. The first kappa shape index (κ1) is 12.7. The van der Waals surface area contributed by atoms with Crippen molar-refractivity contribution in [2.24, 2.45) is 5.92 Å². The summed E-state index contributed by atoms with van der Waals surface area (Å²) in [7, 11) is 4.17. The van der Waals surface area contributed by atoms with E-state index in [-0.39, 0.29) is 6.61 Å². The maximum Gasteiger partial charge on any atom is 0.0488 e. The van der Waals surface area contributed by atoms with Crippen molar-refractivity contribution in [2.45, 2.75) is 26.3 Å². The van der Waals surface area contributed by atoms with Crippen LogP contribution in [-0.2, 0) is 0 Å². The van der Waals surface area contributed by atoms with Gasteiger partial charge in [0, 0.05) is 23.4 Å². The molecule has 0 aliphatic carbocycles. The lowest BCUT2D eigenvalue weighted by Gasteiger charge is -2.30. The highest BCUT2D eigenvalue weighted by Crippen LogP contribution is 2.34. The predicted octanol–water partition coefficient (Wildman–Crippen LogP) is 2.68. The summed E-state index contributed by atoms with van der Waals surface area (Å²) in [6, 6.07) is 2.50. The van der Waals surface area contributed by atoms with Crippen molar-refractivity contribution >= 4 is 11.3 Å². The molecule has 0 aromatic carbocycles. The number of thiophene rings is 1. The van der Waals surface area contributed by atoms with Crippen LogP contribution in [0.2, 0.25) is 0 Å². The standard InChI is InChI=1S/C12H21NOS/c1-5-10(8-14)11(13(3)4)12-9(2)6-7-15-12/h6-7,10-11,14H,5,8H2,1-4H3. The van der Waals surface area contributed by atoms with Crippen LogP contribution in [0.4, 0.5) is 0 Å². The lowest BCUT2D eigenvalue weighted by molar-refractivity contribution is 0.132. The molecule has 1 rings (SSSR count). The fraction of sp³-hybridized carbons (Fsp3) is 0.667. The van der Waals surface area contributed by atoms with Gasteiger partial charge in [0.2, 0.25) is 0 Å². The van der Waals surface area contributed by atoms with Gasteiger partial charge in [-0.15, -0.1) is 11.3 Å². The van der Waals surface area contributed by atoms with Crippen molar-refractivity contribution in [1.82, 2.24) is 4.90 Å². The Kier molecular flexibility index (Phi) is 4.77. The van der Waals surface area contributed by atoms with Crippen LogP contribution in [0, 0.1) is 12.8 Å². The van der Waals surface area contributed by atoms with Crippen molar-refractivity contribution in [3.05, 3.63) is 21.9 Å². The van der Waals surface area contributed by atoms with Gasteiger partial charge >= 0.3 is 0 Å². The van der Waals surface area contributed by atoms with Crippen LogP contribution in [0.25, 0.3) is 0 Å². The molecule has 0 fully saturated rings. The number of aryl methyl sites for hydroxylation is 1. The zero-order valence-electron chi connectivity index (χ0n) is 10.0. The van der Waals surface area contributed by atoms with Crippen molar-refractivity contribution in [2.75, 3.05) is 20.7 Å². The summed E-state index contributed by atoms with van der Waals surface area (Å²) >= 11 is 1.79. The molecule has 2 unspecified atom stereocenters. The molecular weight excluding hydrogens is 206 g/mol. The van der Waals surface area contributed by atoms with Crippen LogP contribution in [0.3, 0.4) is 0 Å². The van der Waals surface area contributed by atoms with Crippen LogP contribution in [0.1, 0.15) is 29.8 Å². The van der Waals surface area contributed by atoms with Gasteiger partial charge in [0.05, 0.1) is 0 Å². The smallest absolute Gasteiger partial charge is 0.0488 e. The largest absolute Gasteiger partial charge is 0.396 e. The summed E-state index contributed by atoms with van der Waals surface area (Å²) in [5.74, 6) is 0.331. The summed E-state index contributed by atoms with van der Waals surface area (Å²) in [5, 5.41) is 11.5. The van der Waals surface area contributed by atoms with E-state index in [2.05, 4.69) is 44.3 Å². The first-order valence-corrected chi connectivity index (χ1v) is 6.31. The molecule has 0 spiro atoms. The van der Waals surface area contributed by atoms with Crippen LogP contribution >= 0.6 is 11.3 Å². The van der Waals surface area contributed by atoms with Gasteiger partial charge in [0.1, 0.15) is 0 Å². The molecule has 0 saturated carbocycles. The van der Waals surface area contributed by atoms with Gasteiger partial charge in [0.25, 0.3) is 0 Å². The highest BCUT2D eigenvalue weighted by molar-refractivity contribution is 7.10. The second-order valence-electron chi connectivity index (χ2n) is 4.23. The lowest BCUT2D eigenvalue weighted by atomic mass is 9.94. The second-order valence-corrected chi connectivity index (χ2v) is 5.17. The molecule has 2 nitrogen and oxygen atoms in total. The Bertz CT molecular complexity index is 292. The Morgan fingerprint density at radius 1 is 1.47 bits per heavy atom. The van der Waals surface area contributed by atoms with E-state index in [1.165, 1.54) is 10.4 Å². The minimum absolute atomic E-state index is 0.261. The average Bonchev–Trinajstić information content (AvgIpc) is 2.60. The highest BCUT2D eigenvalue weighted by atomic mass is 32.1. The molecule has 15 heavy (non-hydrogen) atoms. The number of aliphatic hydroxyl groups is 1. The molecule has 0 amide bonds. The van der Waals surface area contributed by atoms with Crippen LogP contribution in [0.5, 0.6) is 0 Å². The van der Waals surface area contributed by atoms with Crippen molar-refractivity contribution in [3.63, 3.8) is 0 Å². The maximum atomic E-state index is 9.41. The summed E-state index contributed by atoms with van der Waals surface area (Å²) in [5.41, 5.74) is 1.34. The third-order valence-electron chi connectivity index (χ3n) is 2.93. The lowest BCUT2D eigenvalue weighted by Crippen LogP contribution is -2.29. The van der Waals surface area contributed by atoms with E-state index in [0.717, 1.165) is 6.42 Å². The van der Waals surface area contributed by atoms with E-state index in [1.54, 1.807) is 11.3 Å². The van der Waals surface area contributed by atoms with Crippen LogP contribution in [-0.4, -0.2) is 30.7 Å². The first-order valence-electron chi connectivity index (χ1n) is 5.43. The van der Waals surface area contributed by atoms with Crippen molar-refractivity contribution < 1.29 is 5.11 Å². The number of nitrogens with zero attached hydrogens (tertiary/aromatic N) is 1. The fourth-order valence-corrected chi connectivity index (χ4v) is 3.23. The third-order valence-corrected chi connectivity index (χ3v) is 4.02. The van der Waals surface area contributed by atoms with E-state index >= 15 is 0 Å². The average molecular weight is 227 g/mol. The van der Waals surface area contributed by atoms with E-state index in [4.69, 9.17) is 0 Å². The molecular formula is C12H21NOS. The quantitative estimate of drug-likeness (QED) is 0.836. The molecule has 0 aliphatic rings. The Balaban J connectivity index is 2.97. The van der Waals surface area contributed by atoms with Gasteiger partial charge in [-0.25, -0.2) is 0 Å². The van der Waals surface area contributed by atoms with E-state index < -0.39 is 0 Å². The van der Waals surface area contributed by atoms with E-state index in [9.17, 15) is 5.11 Å². The Labute approximate surface area is 96.5 Å². The maximum absolute atomic E-state index is 9.41. The van der Waals surface area contributed by atoms with Gasteiger partial charge in [0.15, 0.2) is 0 Å². The summed E-state index contributed by atoms with van der Waals surface area (Å²) < 4.78 is 0. The van der Waals surface area contributed by atoms with Crippen LogP contribution < -0.4 is 0 Å². The molecule has 1 heterocycles. The van der Waals surface area contributed by atoms with Crippen LogP contribution in [0.15, 0.2) is 11.4 Å². The Hall–Kier alpha value is -0.380. The Morgan fingerprint density at radius 2 is 2.13 bits per heavy atom. The van der Waals surface area contributed by atoms with Gasteiger partial charge in [-0.05, 0) is 44.4 Å². The van der Waals surface area contributed by atoms with Crippen molar-refractivity contribution in [3.8, 4) is 0 Å². The van der Waals surface area contributed by atoms with Gasteiger partial charge < -0.3 is 10.0 Å². The number of rotatable bonds is 5. The van der Waals surface area contributed by atoms with Crippen molar-refractivity contribution in [1.29, 1.82) is 0 Å². The molecule has 1 aromatic rings. The summed E-state index contributed by atoms with van der Waals surface area (Å²) in [6.07, 6.45) is 1.01. The molecule has 0 saturated heterocycles. The summed E-state index contributed by atoms with van der Waals surface area (Å²) in [4.78, 5) is 3.60. The normalized spacial score (nSPS) is 15.6. The molecule has 1 aromatic heterocycles. The number of aliphatic hydroxyl groups excluding tert-OH is 1. The number of hydrogen-bond donors (Lipinski definition) is 1. The van der Waals surface area contributed by atoms with E-state index in [0.29, 0.717) is 12.0 Å². The zero-order valence-corrected chi connectivity index (χ0v) is 10.8. The molecule has 0 radical (unpaired) electrons. The van der Waals surface area contributed by atoms with Gasteiger partial charge in [-0.1, -0.05) is 6.92 Å². The Morgan fingerprint density at radius 3 is 2.47 bits per heavy atom. The summed E-state index contributed by atoms with van der Waals surface area (Å²) in [6.45, 7) is 4.55. The van der Waals surface area contributed by atoms with Gasteiger partial charge in [-0.3, -0.25) is 0 Å². The molecule has 3 heteroatoms. The molecule has 1 N–H and O–H groups in total. The first-order chi connectivity index (χ1) is 7.11. The topological polar surface area (TPSA) is 23.5 Å². The second kappa shape index (κ2) is 5.64. The molecule has 0 bridgehead atoms. The van der Waals surface area contributed by atoms with Gasteiger partial charge in [-0.2, -0.15) is 0 Å². The predicted molar refractivity (Wildman–Crippen MR) is 66.4 cm³/mol.